The fourth-order valence-electron chi connectivity index (χ4n) is 3.58. The lowest BCUT2D eigenvalue weighted by Gasteiger charge is -2.35. The third-order valence-corrected chi connectivity index (χ3v) is 5.19. The van der Waals surface area contributed by atoms with Crippen molar-refractivity contribution in [1.29, 1.82) is 0 Å². The first-order chi connectivity index (χ1) is 14.3. The maximum absolute atomic E-state index is 12.7. The summed E-state index contributed by atoms with van der Waals surface area (Å²) in [5.41, 5.74) is 0. The molecule has 1 aromatic rings. The summed E-state index contributed by atoms with van der Waals surface area (Å²) >= 11 is 0. The lowest BCUT2D eigenvalue weighted by atomic mass is 10.0. The third-order valence-electron chi connectivity index (χ3n) is 5.19. The predicted molar refractivity (Wildman–Crippen MR) is 108 cm³/mol. The normalized spacial score (nSPS) is 26.7. The van der Waals surface area contributed by atoms with Gasteiger partial charge in [0.2, 0.25) is 11.9 Å². The summed E-state index contributed by atoms with van der Waals surface area (Å²) in [5, 5.41) is 25.8. The number of ether oxygens (including phenoxy) is 1. The highest BCUT2D eigenvalue weighted by molar-refractivity contribution is 5.77. The average Bonchev–Trinajstić information content (AvgIpc) is 3.00. The first-order valence-electron chi connectivity index (χ1n) is 10.2. The summed E-state index contributed by atoms with van der Waals surface area (Å²) in [5.74, 6) is 0.491. The Morgan fingerprint density at radius 2 is 1.77 bits per heavy atom. The lowest BCUT2D eigenvalue weighted by Crippen LogP contribution is -2.50. The van der Waals surface area contributed by atoms with Crippen molar-refractivity contribution in [3.05, 3.63) is 18.5 Å². The summed E-state index contributed by atoms with van der Waals surface area (Å²) in [6.07, 6.45) is -0.619. The van der Waals surface area contributed by atoms with E-state index in [1.165, 1.54) is 0 Å². The minimum Gasteiger partial charge on any atom is -0.388 e. The smallest absolute Gasteiger partial charge is 0.315 e. The van der Waals surface area contributed by atoms with Gasteiger partial charge in [-0.25, -0.2) is 14.8 Å². The van der Waals surface area contributed by atoms with E-state index in [1.807, 2.05) is 18.7 Å². The predicted octanol–water partition coefficient (Wildman–Crippen LogP) is -1.29. The molecule has 3 rings (SSSR count). The van der Waals surface area contributed by atoms with Gasteiger partial charge in [-0.3, -0.25) is 4.79 Å². The van der Waals surface area contributed by atoms with Crippen LogP contribution in [0.4, 0.5) is 10.7 Å². The van der Waals surface area contributed by atoms with Gasteiger partial charge in [-0.1, -0.05) is 0 Å². The van der Waals surface area contributed by atoms with E-state index in [4.69, 9.17) is 4.74 Å². The molecule has 0 spiro atoms. The molecular weight excluding hydrogens is 392 g/mol. The van der Waals surface area contributed by atoms with Crippen LogP contribution in [0.1, 0.15) is 20.3 Å². The number of hydrogen-bond donors (Lipinski definition) is 4. The molecule has 2 saturated heterocycles. The van der Waals surface area contributed by atoms with Crippen LogP contribution in [0.2, 0.25) is 0 Å². The number of piperazine rings is 1. The van der Waals surface area contributed by atoms with Gasteiger partial charge in [-0.15, -0.1) is 0 Å². The molecule has 4 atom stereocenters. The number of amides is 3. The topological polar surface area (TPSA) is 140 Å². The Kier molecular flexibility index (Phi) is 7.40. The Labute approximate surface area is 175 Å². The maximum Gasteiger partial charge on any atom is 0.315 e. The largest absolute Gasteiger partial charge is 0.388 e. The number of carbonyl (C=O) groups excluding carboxylic acids is 2. The monoisotopic (exact) mass is 422 g/mol. The minimum atomic E-state index is -1.19. The fourth-order valence-corrected chi connectivity index (χ4v) is 3.58. The lowest BCUT2D eigenvalue weighted by molar-refractivity contribution is -0.135. The highest BCUT2D eigenvalue weighted by Gasteiger charge is 2.44. The van der Waals surface area contributed by atoms with Gasteiger partial charge in [0.1, 0.15) is 18.3 Å². The molecule has 0 saturated carbocycles. The van der Waals surface area contributed by atoms with E-state index in [1.54, 1.807) is 23.4 Å². The Hall–Kier alpha value is -2.50. The zero-order valence-corrected chi connectivity index (χ0v) is 17.3. The van der Waals surface area contributed by atoms with Crippen LogP contribution < -0.4 is 15.5 Å². The summed E-state index contributed by atoms with van der Waals surface area (Å²) in [6, 6.07) is 1.35. The van der Waals surface area contributed by atoms with Gasteiger partial charge < -0.3 is 35.4 Å². The van der Waals surface area contributed by atoms with Gasteiger partial charge in [-0.2, -0.15) is 0 Å². The second-order valence-corrected chi connectivity index (χ2v) is 7.82. The van der Waals surface area contributed by atoms with Crippen molar-refractivity contribution >= 4 is 17.9 Å². The molecule has 11 heteroatoms. The van der Waals surface area contributed by atoms with Crippen molar-refractivity contribution in [3.8, 4) is 0 Å². The molecule has 3 heterocycles. The number of anilines is 1. The third kappa shape index (κ3) is 5.55. The van der Waals surface area contributed by atoms with Crippen LogP contribution in [0.5, 0.6) is 0 Å². The molecule has 0 aromatic carbocycles. The number of aromatic nitrogens is 2. The summed E-state index contributed by atoms with van der Waals surface area (Å²) < 4.78 is 5.67. The van der Waals surface area contributed by atoms with Crippen molar-refractivity contribution in [2.24, 2.45) is 0 Å². The molecule has 0 radical (unpaired) electrons. The van der Waals surface area contributed by atoms with E-state index in [0.29, 0.717) is 32.1 Å². The first-order valence-corrected chi connectivity index (χ1v) is 10.2. The summed E-state index contributed by atoms with van der Waals surface area (Å²) in [4.78, 5) is 36.5. The molecule has 0 bridgehead atoms. The number of aliphatic hydroxyl groups excluding tert-OH is 2. The number of rotatable bonds is 6. The van der Waals surface area contributed by atoms with Crippen molar-refractivity contribution in [2.75, 3.05) is 37.6 Å². The van der Waals surface area contributed by atoms with Gasteiger partial charge >= 0.3 is 6.03 Å². The molecule has 11 nitrogen and oxygen atoms in total. The Morgan fingerprint density at radius 1 is 1.13 bits per heavy atom. The van der Waals surface area contributed by atoms with Gasteiger partial charge in [-0.05, 0) is 19.9 Å². The highest BCUT2D eigenvalue weighted by atomic mass is 16.5. The van der Waals surface area contributed by atoms with Crippen LogP contribution in [0.25, 0.3) is 0 Å². The maximum atomic E-state index is 12.7. The molecular formula is C19H30N6O5. The number of nitrogens with one attached hydrogen (secondary N) is 2. The summed E-state index contributed by atoms with van der Waals surface area (Å²) in [7, 11) is 0. The van der Waals surface area contributed by atoms with Gasteiger partial charge in [0.25, 0.3) is 0 Å². The zero-order valence-electron chi connectivity index (χ0n) is 17.3. The van der Waals surface area contributed by atoms with E-state index in [-0.39, 0.29) is 30.9 Å². The van der Waals surface area contributed by atoms with Crippen molar-refractivity contribution in [3.63, 3.8) is 0 Å². The van der Waals surface area contributed by atoms with Crippen LogP contribution in [0.3, 0.4) is 0 Å². The SMILES string of the molecule is CC(C)NC(=O)NCC1OC(CC(=O)N2CCN(c3ncccn3)CC2)C(O)C1O. The van der Waals surface area contributed by atoms with Gasteiger partial charge in [0.15, 0.2) is 0 Å². The number of hydrogen-bond acceptors (Lipinski definition) is 8. The molecule has 2 aliphatic rings. The number of carbonyl (C=O) groups is 2. The van der Waals surface area contributed by atoms with Crippen LogP contribution in [0, 0.1) is 0 Å². The van der Waals surface area contributed by atoms with E-state index in [2.05, 4.69) is 20.6 Å². The second-order valence-electron chi connectivity index (χ2n) is 7.82. The van der Waals surface area contributed by atoms with E-state index in [9.17, 15) is 19.8 Å². The Balaban J connectivity index is 1.45. The molecule has 4 unspecified atom stereocenters. The quantitative estimate of drug-likeness (QED) is 0.444. The molecule has 3 amide bonds. The minimum absolute atomic E-state index is 0.0238. The average molecular weight is 422 g/mol. The molecule has 2 fully saturated rings. The van der Waals surface area contributed by atoms with Crippen molar-refractivity contribution in [2.45, 2.75) is 50.7 Å². The standard InChI is InChI=1S/C19H30N6O5/c1-12(2)23-19(29)22-11-14-17(28)16(27)13(30-14)10-15(26)24-6-8-25(9-7-24)18-20-4-3-5-21-18/h3-5,12-14,16-17,27-28H,6-11H2,1-2H3,(H2,22,23,29). The summed E-state index contributed by atoms with van der Waals surface area (Å²) in [6.45, 7) is 5.97. The zero-order chi connectivity index (χ0) is 21.7. The van der Waals surface area contributed by atoms with E-state index in [0.717, 1.165) is 0 Å². The second kappa shape index (κ2) is 10.0. The fraction of sp³-hybridized carbons (Fsp3) is 0.684. The van der Waals surface area contributed by atoms with Crippen LogP contribution >= 0.6 is 0 Å². The van der Waals surface area contributed by atoms with Gasteiger partial charge in [0, 0.05) is 51.2 Å². The van der Waals surface area contributed by atoms with E-state index < -0.39 is 24.4 Å². The molecule has 4 N–H and O–H groups in total. The van der Waals surface area contributed by atoms with E-state index >= 15 is 0 Å². The Bertz CT molecular complexity index is 713. The van der Waals surface area contributed by atoms with Gasteiger partial charge in [0.05, 0.1) is 12.5 Å². The van der Waals surface area contributed by atoms with Crippen LogP contribution in [-0.4, -0.2) is 100 Å². The van der Waals surface area contributed by atoms with Crippen LogP contribution in [-0.2, 0) is 9.53 Å². The molecule has 30 heavy (non-hydrogen) atoms. The van der Waals surface area contributed by atoms with Crippen LogP contribution in [0.15, 0.2) is 18.5 Å². The number of aliphatic hydroxyl groups is 2. The molecule has 1 aromatic heterocycles. The highest BCUT2D eigenvalue weighted by Crippen LogP contribution is 2.24. The molecule has 166 valence electrons. The van der Waals surface area contributed by atoms with Crippen molar-refractivity contribution < 1.29 is 24.5 Å². The number of urea groups is 1. The molecule has 2 aliphatic heterocycles. The Morgan fingerprint density at radius 3 is 2.40 bits per heavy atom. The molecule has 0 aliphatic carbocycles. The van der Waals surface area contributed by atoms with Crippen molar-refractivity contribution in [1.82, 2.24) is 25.5 Å². The number of nitrogens with zero attached hydrogens (tertiary/aromatic N) is 4. The first kappa shape index (κ1) is 22.2.